The third kappa shape index (κ3) is 2.18. The van der Waals surface area contributed by atoms with Gasteiger partial charge in [0.25, 0.3) is 0 Å². The molecule has 2 nitrogen and oxygen atoms in total. The van der Waals surface area contributed by atoms with Crippen molar-refractivity contribution in [3.8, 4) is 0 Å². The highest BCUT2D eigenvalue weighted by molar-refractivity contribution is 4.55. The molecule has 1 atom stereocenters. The molecule has 0 amide bonds. The first-order valence-electron chi connectivity index (χ1n) is 4.19. The maximum atomic E-state index is 7.08. The number of rotatable bonds is 2. The van der Waals surface area contributed by atoms with Gasteiger partial charge < -0.3 is 11.5 Å². The van der Waals surface area contributed by atoms with E-state index in [2.05, 4.69) is 0 Å². The Kier molecular flexibility index (Phi) is 0.758. The van der Waals surface area contributed by atoms with Crippen molar-refractivity contribution in [2.75, 3.05) is 6.54 Å². The molecule has 0 aromatic heterocycles. The summed E-state index contributed by atoms with van der Waals surface area (Å²) in [6.07, 6.45) is -2.40. The molecule has 0 aliphatic heterocycles. The molecule has 0 aromatic rings. The van der Waals surface area contributed by atoms with E-state index in [9.17, 15) is 0 Å². The van der Waals surface area contributed by atoms with Crippen LogP contribution in [-0.2, 0) is 0 Å². The van der Waals surface area contributed by atoms with Crippen molar-refractivity contribution in [3.05, 3.63) is 0 Å². The van der Waals surface area contributed by atoms with Gasteiger partial charge in [-0.15, -0.1) is 0 Å². The van der Waals surface area contributed by atoms with Gasteiger partial charge in [0.2, 0.25) is 0 Å². The molecule has 0 saturated carbocycles. The van der Waals surface area contributed by atoms with Gasteiger partial charge in [-0.3, -0.25) is 0 Å². The van der Waals surface area contributed by atoms with E-state index in [0.29, 0.717) is 0 Å². The third-order valence-corrected chi connectivity index (χ3v) is 0.439. The lowest BCUT2D eigenvalue weighted by atomic mass is 10.2. The van der Waals surface area contributed by atoms with Gasteiger partial charge in [0, 0.05) is 19.4 Å². The van der Waals surface area contributed by atoms with E-state index in [0.717, 1.165) is 0 Å². The van der Waals surface area contributed by atoms with E-state index in [1.54, 1.807) is 0 Å². The van der Waals surface area contributed by atoms with Crippen LogP contribution < -0.4 is 11.5 Å². The highest BCUT2D eigenvalue weighted by Gasteiger charge is 1.88. The van der Waals surface area contributed by atoms with Crippen molar-refractivity contribution >= 4 is 0 Å². The largest absolute Gasteiger partial charge is 0.329 e. The van der Waals surface area contributed by atoms with Gasteiger partial charge in [-0.1, -0.05) is 6.85 Å². The first-order valence-corrected chi connectivity index (χ1v) is 1.69. The fourth-order valence-electron chi connectivity index (χ4n) is 0.0589. The van der Waals surface area contributed by atoms with E-state index < -0.39 is 19.3 Å². The van der Waals surface area contributed by atoms with Gasteiger partial charge in [-0.25, -0.2) is 0 Å². The van der Waals surface area contributed by atoms with Crippen LogP contribution in [0.5, 0.6) is 0 Å². The van der Waals surface area contributed by atoms with E-state index in [1.807, 2.05) is 0 Å². The average Bonchev–Trinajstić information content (AvgIpc) is 1.83. The third-order valence-electron chi connectivity index (χ3n) is 0.439. The molecule has 1 unspecified atom stereocenters. The second-order valence-electron chi connectivity index (χ2n) is 0.987. The Labute approximate surface area is 45.5 Å². The molecule has 4 N–H and O–H groups in total. The molecule has 38 valence electrons. The summed E-state index contributed by atoms with van der Waals surface area (Å²) in [7, 11) is 0. The van der Waals surface area contributed by atoms with Crippen LogP contribution >= 0.6 is 0 Å². The maximum Gasteiger partial charge on any atom is 0.0280 e. The van der Waals surface area contributed by atoms with Gasteiger partial charge >= 0.3 is 0 Å². The standard InChI is InChI=1S/C4H12N2/c1-2-4(6)3-5/h4H,2-3,5-6H2,1H3/i1D3,2D2. The quantitative estimate of drug-likeness (QED) is 0.491. The molecule has 0 rings (SSSR count). The van der Waals surface area contributed by atoms with Crippen molar-refractivity contribution in [2.24, 2.45) is 11.5 Å². The van der Waals surface area contributed by atoms with Crippen LogP contribution in [0, 0.1) is 0 Å². The molecule has 0 bridgehead atoms. The topological polar surface area (TPSA) is 52.0 Å². The van der Waals surface area contributed by atoms with Crippen LogP contribution in [0.2, 0.25) is 0 Å². The monoisotopic (exact) mass is 93.1 g/mol. The van der Waals surface area contributed by atoms with Gasteiger partial charge in [0.05, 0.1) is 0 Å². The van der Waals surface area contributed by atoms with E-state index in [-0.39, 0.29) is 6.54 Å². The summed E-state index contributed by atoms with van der Waals surface area (Å²) in [5.41, 5.74) is 10.2. The summed E-state index contributed by atoms with van der Waals surface area (Å²) in [6.45, 7) is -2.88. The van der Waals surface area contributed by atoms with Crippen molar-refractivity contribution in [1.82, 2.24) is 0 Å². The summed E-state index contributed by atoms with van der Waals surface area (Å²) in [6, 6.07) is -1.14. The molecule has 6 heavy (non-hydrogen) atoms. The fourth-order valence-corrected chi connectivity index (χ4v) is 0.0589. The van der Waals surface area contributed by atoms with E-state index in [1.165, 1.54) is 0 Å². The molecule has 0 aliphatic rings. The molecule has 0 heterocycles. The van der Waals surface area contributed by atoms with Gasteiger partial charge in [-0.2, -0.15) is 0 Å². The zero-order valence-corrected chi connectivity index (χ0v) is 3.44. The second-order valence-corrected chi connectivity index (χ2v) is 0.987. The number of hydrogen-bond acceptors (Lipinski definition) is 2. The smallest absolute Gasteiger partial charge is 0.0280 e. The molecule has 0 aromatic carbocycles. The molecule has 0 spiro atoms. The Hall–Kier alpha value is -0.0800. The van der Waals surface area contributed by atoms with E-state index >= 15 is 0 Å². The minimum atomic E-state index is -2.70. The first kappa shape index (κ1) is 1.46. The summed E-state index contributed by atoms with van der Waals surface area (Å²) in [5.74, 6) is 0. The first-order chi connectivity index (χ1) is 4.73. The van der Waals surface area contributed by atoms with Crippen molar-refractivity contribution in [3.63, 3.8) is 0 Å². The molecule has 0 aliphatic carbocycles. The van der Waals surface area contributed by atoms with Crippen LogP contribution in [0.15, 0.2) is 0 Å². The zero-order valence-electron chi connectivity index (χ0n) is 8.44. The maximum absolute atomic E-state index is 7.08. The summed E-state index contributed by atoms with van der Waals surface area (Å²) >= 11 is 0. The Morgan fingerprint density at radius 2 is 2.83 bits per heavy atom. The average molecular weight is 93.2 g/mol. The molecular formula is C4H12N2. The van der Waals surface area contributed by atoms with Crippen molar-refractivity contribution < 1.29 is 6.85 Å². The summed E-state index contributed by atoms with van der Waals surface area (Å²) < 4.78 is 34.5. The Morgan fingerprint density at radius 3 is 3.00 bits per heavy atom. The van der Waals surface area contributed by atoms with Crippen LogP contribution in [0.25, 0.3) is 0 Å². The van der Waals surface area contributed by atoms with Crippen molar-refractivity contribution in [1.29, 1.82) is 0 Å². The Balaban J connectivity index is 4.45. The van der Waals surface area contributed by atoms with Crippen LogP contribution in [0.1, 0.15) is 20.1 Å². The SMILES string of the molecule is [2H]C([2H])([2H])C([2H])([2H])C(N)CN. The minimum absolute atomic E-state index is 0.175. The lowest BCUT2D eigenvalue weighted by Gasteiger charge is -1.99. The highest BCUT2D eigenvalue weighted by atomic mass is 14.7. The molecular weight excluding hydrogens is 76.1 g/mol. The van der Waals surface area contributed by atoms with E-state index in [4.69, 9.17) is 18.3 Å². The predicted octanol–water partition coefficient (Wildman–Crippen LogP) is -0.318. The van der Waals surface area contributed by atoms with Crippen LogP contribution in [0.4, 0.5) is 0 Å². The fraction of sp³-hybridized carbons (Fsp3) is 1.00. The normalized spacial score (nSPS) is 31.3. The summed E-state index contributed by atoms with van der Waals surface area (Å²) in [4.78, 5) is 0. The van der Waals surface area contributed by atoms with Gasteiger partial charge in [0.15, 0.2) is 0 Å². The van der Waals surface area contributed by atoms with Crippen LogP contribution in [0.3, 0.4) is 0 Å². The second kappa shape index (κ2) is 3.12. The molecule has 2 heteroatoms. The predicted molar refractivity (Wildman–Crippen MR) is 27.3 cm³/mol. The number of nitrogens with two attached hydrogens (primary N) is 2. The van der Waals surface area contributed by atoms with Crippen LogP contribution in [-0.4, -0.2) is 12.6 Å². The van der Waals surface area contributed by atoms with Gasteiger partial charge in [-0.05, 0) is 6.37 Å². The van der Waals surface area contributed by atoms with Crippen molar-refractivity contribution in [2.45, 2.75) is 19.3 Å². The summed E-state index contributed by atoms with van der Waals surface area (Å²) in [5, 5.41) is 0. The minimum Gasteiger partial charge on any atom is -0.329 e. The molecule has 0 radical (unpaired) electrons. The Bertz CT molecular complexity index is 131. The molecule has 0 saturated heterocycles. The highest BCUT2D eigenvalue weighted by Crippen LogP contribution is 1.77. The lowest BCUT2D eigenvalue weighted by molar-refractivity contribution is 0.660. The number of hydrogen-bond donors (Lipinski definition) is 2. The Morgan fingerprint density at radius 1 is 2.17 bits per heavy atom. The zero-order chi connectivity index (χ0) is 9.28. The van der Waals surface area contributed by atoms with Gasteiger partial charge in [0.1, 0.15) is 0 Å². The molecule has 0 fully saturated rings. The lowest BCUT2D eigenvalue weighted by Crippen LogP contribution is -2.28.